The predicted octanol–water partition coefficient (Wildman–Crippen LogP) is 0.593. The molecule has 0 bridgehead atoms. The predicted molar refractivity (Wildman–Crippen MR) is 94.9 cm³/mol. The Morgan fingerprint density at radius 2 is 1.56 bits per heavy atom. The normalized spacial score (nSPS) is 14.4. The number of carbonyl (C=O) groups is 3. The van der Waals surface area contributed by atoms with E-state index in [0.29, 0.717) is 37.4 Å². The standard InChI is InChI=1S/C18H24N2O7/c1-24-13-9-15(26-3)14(25-2)8-12(13)18(23)27-10-16(21)20-6-4-11(5-7-20)17(19)22/h8-9,11H,4-7,10H2,1-3H3,(H2,19,22). The number of ether oxygens (including phenoxy) is 4. The van der Waals surface area contributed by atoms with Crippen LogP contribution in [0.2, 0.25) is 0 Å². The van der Waals surface area contributed by atoms with Crippen LogP contribution < -0.4 is 19.9 Å². The van der Waals surface area contributed by atoms with E-state index >= 15 is 0 Å². The van der Waals surface area contributed by atoms with Crippen LogP contribution in [-0.4, -0.2) is 63.7 Å². The molecule has 1 aromatic rings. The fourth-order valence-electron chi connectivity index (χ4n) is 2.90. The first-order valence-electron chi connectivity index (χ1n) is 8.45. The topological polar surface area (TPSA) is 117 Å². The summed E-state index contributed by atoms with van der Waals surface area (Å²) in [7, 11) is 4.32. The van der Waals surface area contributed by atoms with Gasteiger partial charge >= 0.3 is 5.97 Å². The molecule has 1 saturated heterocycles. The molecule has 0 unspecified atom stereocenters. The van der Waals surface area contributed by atoms with Gasteiger partial charge in [-0.25, -0.2) is 4.79 Å². The van der Waals surface area contributed by atoms with Crippen LogP contribution in [-0.2, 0) is 14.3 Å². The fourth-order valence-corrected chi connectivity index (χ4v) is 2.90. The highest BCUT2D eigenvalue weighted by Gasteiger charge is 2.27. The lowest BCUT2D eigenvalue weighted by atomic mass is 9.96. The lowest BCUT2D eigenvalue weighted by Crippen LogP contribution is -2.43. The second kappa shape index (κ2) is 9.11. The van der Waals surface area contributed by atoms with Gasteiger partial charge < -0.3 is 29.6 Å². The number of carbonyl (C=O) groups excluding carboxylic acids is 3. The van der Waals surface area contributed by atoms with Crippen LogP contribution >= 0.6 is 0 Å². The van der Waals surface area contributed by atoms with Gasteiger partial charge in [0.25, 0.3) is 5.91 Å². The monoisotopic (exact) mass is 380 g/mol. The minimum Gasteiger partial charge on any atom is -0.496 e. The van der Waals surface area contributed by atoms with E-state index in [-0.39, 0.29) is 29.0 Å². The summed E-state index contributed by atoms with van der Waals surface area (Å²) in [5.41, 5.74) is 5.40. The van der Waals surface area contributed by atoms with E-state index in [9.17, 15) is 14.4 Å². The summed E-state index contributed by atoms with van der Waals surface area (Å²) in [6.07, 6.45) is 1.02. The lowest BCUT2D eigenvalue weighted by molar-refractivity contribution is -0.137. The molecule has 27 heavy (non-hydrogen) atoms. The van der Waals surface area contributed by atoms with E-state index in [1.165, 1.54) is 33.5 Å². The first-order valence-corrected chi connectivity index (χ1v) is 8.45. The van der Waals surface area contributed by atoms with Crippen molar-refractivity contribution in [2.45, 2.75) is 12.8 Å². The number of amides is 2. The summed E-state index contributed by atoms with van der Waals surface area (Å²) in [6, 6.07) is 2.94. The van der Waals surface area contributed by atoms with E-state index in [2.05, 4.69) is 0 Å². The minimum atomic E-state index is -0.715. The molecule has 2 amide bonds. The number of esters is 1. The van der Waals surface area contributed by atoms with Gasteiger partial charge in [0.2, 0.25) is 5.91 Å². The summed E-state index contributed by atoms with van der Waals surface area (Å²) in [5.74, 6) is -0.627. The van der Waals surface area contributed by atoms with Crippen LogP contribution in [0.25, 0.3) is 0 Å². The maximum Gasteiger partial charge on any atom is 0.342 e. The number of primary amides is 1. The van der Waals surface area contributed by atoms with Gasteiger partial charge in [0, 0.05) is 31.1 Å². The van der Waals surface area contributed by atoms with E-state index in [1.54, 1.807) is 4.90 Å². The van der Waals surface area contributed by atoms with Crippen LogP contribution in [0.15, 0.2) is 12.1 Å². The second-order valence-electron chi connectivity index (χ2n) is 6.04. The fraction of sp³-hybridized carbons (Fsp3) is 0.500. The molecule has 0 aliphatic carbocycles. The van der Waals surface area contributed by atoms with Gasteiger partial charge in [0.15, 0.2) is 18.1 Å². The quantitative estimate of drug-likeness (QED) is 0.688. The molecule has 9 heteroatoms. The number of nitrogens with two attached hydrogens (primary N) is 1. The summed E-state index contributed by atoms with van der Waals surface area (Å²) < 4.78 is 20.7. The number of hydrogen-bond acceptors (Lipinski definition) is 7. The molecule has 2 N–H and O–H groups in total. The summed E-state index contributed by atoms with van der Waals surface area (Å²) >= 11 is 0. The zero-order chi connectivity index (χ0) is 20.0. The van der Waals surface area contributed by atoms with Crippen molar-refractivity contribution in [3.8, 4) is 17.2 Å². The molecule has 1 heterocycles. The minimum absolute atomic E-state index is 0.121. The van der Waals surface area contributed by atoms with E-state index in [1.807, 2.05) is 0 Å². The van der Waals surface area contributed by atoms with Crippen molar-refractivity contribution in [1.82, 2.24) is 4.90 Å². The molecular formula is C18H24N2O7. The van der Waals surface area contributed by atoms with Crippen LogP contribution in [0.1, 0.15) is 23.2 Å². The molecule has 2 rings (SSSR count). The Bertz CT molecular complexity index is 712. The van der Waals surface area contributed by atoms with Gasteiger partial charge in [-0.05, 0) is 12.8 Å². The molecular weight excluding hydrogens is 356 g/mol. The van der Waals surface area contributed by atoms with Crippen LogP contribution in [0, 0.1) is 5.92 Å². The Morgan fingerprint density at radius 3 is 2.07 bits per heavy atom. The average Bonchev–Trinajstić information content (AvgIpc) is 2.70. The van der Waals surface area contributed by atoms with Crippen molar-refractivity contribution in [3.05, 3.63) is 17.7 Å². The van der Waals surface area contributed by atoms with E-state index in [0.717, 1.165) is 0 Å². The molecule has 1 aliphatic heterocycles. The number of piperidine rings is 1. The van der Waals surface area contributed by atoms with Crippen molar-refractivity contribution in [2.75, 3.05) is 41.0 Å². The first kappa shape index (κ1) is 20.3. The van der Waals surface area contributed by atoms with Crippen LogP contribution in [0.4, 0.5) is 0 Å². The first-order chi connectivity index (χ1) is 12.9. The largest absolute Gasteiger partial charge is 0.496 e. The molecule has 9 nitrogen and oxygen atoms in total. The smallest absolute Gasteiger partial charge is 0.342 e. The number of rotatable bonds is 7. The summed E-state index contributed by atoms with van der Waals surface area (Å²) in [4.78, 5) is 37.4. The van der Waals surface area contributed by atoms with Crippen molar-refractivity contribution in [3.63, 3.8) is 0 Å². The number of methoxy groups -OCH3 is 3. The molecule has 0 atom stereocenters. The Labute approximate surface area is 157 Å². The lowest BCUT2D eigenvalue weighted by Gasteiger charge is -2.30. The molecule has 0 saturated carbocycles. The Morgan fingerprint density at radius 1 is 1.00 bits per heavy atom. The highest BCUT2D eigenvalue weighted by atomic mass is 16.5. The Kier molecular flexibility index (Phi) is 6.86. The van der Waals surface area contributed by atoms with Gasteiger partial charge in [-0.1, -0.05) is 0 Å². The maximum absolute atomic E-state index is 12.4. The zero-order valence-electron chi connectivity index (χ0n) is 15.6. The third kappa shape index (κ3) is 4.81. The third-order valence-electron chi connectivity index (χ3n) is 4.50. The molecule has 0 spiro atoms. The highest BCUT2D eigenvalue weighted by Crippen LogP contribution is 2.34. The van der Waals surface area contributed by atoms with E-state index in [4.69, 9.17) is 24.7 Å². The van der Waals surface area contributed by atoms with Gasteiger partial charge in [0.05, 0.1) is 21.3 Å². The van der Waals surface area contributed by atoms with Crippen molar-refractivity contribution < 1.29 is 33.3 Å². The SMILES string of the molecule is COc1cc(OC)c(C(=O)OCC(=O)N2CCC(C(N)=O)CC2)cc1OC. The van der Waals surface area contributed by atoms with Gasteiger partial charge in [-0.15, -0.1) is 0 Å². The summed E-state index contributed by atoms with van der Waals surface area (Å²) in [5, 5.41) is 0. The van der Waals surface area contributed by atoms with Crippen molar-refractivity contribution in [1.29, 1.82) is 0 Å². The molecule has 0 aromatic heterocycles. The number of likely N-dealkylation sites (tertiary alicyclic amines) is 1. The second-order valence-corrected chi connectivity index (χ2v) is 6.04. The Balaban J connectivity index is 1.99. The molecule has 1 aromatic carbocycles. The van der Waals surface area contributed by atoms with Gasteiger partial charge in [0.1, 0.15) is 11.3 Å². The highest BCUT2D eigenvalue weighted by molar-refractivity contribution is 5.95. The maximum atomic E-state index is 12.4. The van der Waals surface area contributed by atoms with Crippen molar-refractivity contribution >= 4 is 17.8 Å². The number of hydrogen-bond donors (Lipinski definition) is 1. The van der Waals surface area contributed by atoms with Gasteiger partial charge in [-0.3, -0.25) is 9.59 Å². The van der Waals surface area contributed by atoms with Crippen molar-refractivity contribution in [2.24, 2.45) is 11.7 Å². The average molecular weight is 380 g/mol. The van der Waals surface area contributed by atoms with Crippen LogP contribution in [0.5, 0.6) is 17.2 Å². The van der Waals surface area contributed by atoms with E-state index < -0.39 is 12.6 Å². The molecule has 1 aliphatic rings. The summed E-state index contributed by atoms with van der Waals surface area (Å²) in [6.45, 7) is 0.408. The number of benzene rings is 1. The molecule has 148 valence electrons. The zero-order valence-corrected chi connectivity index (χ0v) is 15.6. The third-order valence-corrected chi connectivity index (χ3v) is 4.50. The molecule has 1 fully saturated rings. The number of nitrogens with zero attached hydrogens (tertiary/aromatic N) is 1. The van der Waals surface area contributed by atoms with Crippen LogP contribution in [0.3, 0.4) is 0 Å². The Hall–Kier alpha value is -2.97. The molecule has 0 radical (unpaired) electrons. The van der Waals surface area contributed by atoms with Gasteiger partial charge in [-0.2, -0.15) is 0 Å².